The summed E-state index contributed by atoms with van der Waals surface area (Å²) in [7, 11) is 2.09. The predicted octanol–water partition coefficient (Wildman–Crippen LogP) is 1.39. The fourth-order valence-corrected chi connectivity index (χ4v) is 2.63. The van der Waals surface area contributed by atoms with Gasteiger partial charge in [-0.05, 0) is 32.0 Å². The van der Waals surface area contributed by atoms with Crippen LogP contribution in [0.5, 0.6) is 0 Å². The molecule has 0 saturated carbocycles. The zero-order valence-corrected chi connectivity index (χ0v) is 11.9. The lowest BCUT2D eigenvalue weighted by Crippen LogP contribution is -2.48. The molecule has 1 aliphatic rings. The van der Waals surface area contributed by atoms with E-state index in [1.54, 1.807) is 6.07 Å². The number of amides is 1. The number of nitrogens with two attached hydrogens (primary N) is 1. The normalized spacial score (nSPS) is 24.2. The third-order valence-corrected chi connectivity index (χ3v) is 3.83. The molecule has 1 aromatic rings. The molecule has 1 fully saturated rings. The number of anilines is 1. The molecule has 1 amide bonds. The molecular weight excluding hydrogens is 264 g/mol. The van der Waals surface area contributed by atoms with Crippen LogP contribution in [0.25, 0.3) is 0 Å². The maximum Gasteiger partial charge on any atom is 0.254 e. The van der Waals surface area contributed by atoms with E-state index in [0.717, 1.165) is 19.5 Å². The summed E-state index contributed by atoms with van der Waals surface area (Å²) in [5.41, 5.74) is 6.41. The summed E-state index contributed by atoms with van der Waals surface area (Å²) in [6, 6.07) is 1.73. The molecule has 1 saturated heterocycles. The van der Waals surface area contributed by atoms with Crippen molar-refractivity contribution in [3.63, 3.8) is 0 Å². The summed E-state index contributed by atoms with van der Waals surface area (Å²) in [5.74, 6) is 0.210. The van der Waals surface area contributed by atoms with Crippen LogP contribution in [0.2, 0.25) is 5.15 Å². The number of aromatic nitrogens is 1. The zero-order chi connectivity index (χ0) is 14.0. The van der Waals surface area contributed by atoms with Crippen molar-refractivity contribution in [1.82, 2.24) is 15.2 Å². The topological polar surface area (TPSA) is 71.2 Å². The van der Waals surface area contributed by atoms with Gasteiger partial charge in [0.25, 0.3) is 5.91 Å². The molecule has 2 unspecified atom stereocenters. The highest BCUT2D eigenvalue weighted by molar-refractivity contribution is 6.32. The molecule has 0 radical (unpaired) electrons. The number of nitrogens with zero attached hydrogens (tertiary/aromatic N) is 2. The van der Waals surface area contributed by atoms with E-state index in [2.05, 4.69) is 29.2 Å². The maximum atomic E-state index is 12.2. The molecule has 3 N–H and O–H groups in total. The van der Waals surface area contributed by atoms with Gasteiger partial charge in [-0.15, -0.1) is 0 Å². The summed E-state index contributed by atoms with van der Waals surface area (Å²) in [6.45, 7) is 4.10. The van der Waals surface area contributed by atoms with E-state index >= 15 is 0 Å². The number of hydrogen-bond acceptors (Lipinski definition) is 4. The third-order valence-electron chi connectivity index (χ3n) is 3.53. The SMILES string of the molecule is CC1CN(C)CCC1NC(=O)c1cc(N)cnc1Cl. The molecular formula is C13H19ClN4O. The van der Waals surface area contributed by atoms with Crippen molar-refractivity contribution in [3.8, 4) is 0 Å². The van der Waals surface area contributed by atoms with Crippen molar-refractivity contribution in [1.29, 1.82) is 0 Å². The van der Waals surface area contributed by atoms with E-state index in [-0.39, 0.29) is 17.1 Å². The molecule has 1 aliphatic heterocycles. The Labute approximate surface area is 118 Å². The second-order valence-corrected chi connectivity index (χ2v) is 5.57. The first kappa shape index (κ1) is 14.1. The van der Waals surface area contributed by atoms with Crippen LogP contribution < -0.4 is 11.1 Å². The Morgan fingerprint density at radius 2 is 2.37 bits per heavy atom. The molecule has 2 atom stereocenters. The average molecular weight is 283 g/mol. The Kier molecular flexibility index (Phi) is 4.27. The van der Waals surface area contributed by atoms with Crippen molar-refractivity contribution < 1.29 is 4.79 Å². The van der Waals surface area contributed by atoms with Crippen LogP contribution in [0.15, 0.2) is 12.3 Å². The fraction of sp³-hybridized carbons (Fsp3) is 0.538. The number of pyridine rings is 1. The highest BCUT2D eigenvalue weighted by atomic mass is 35.5. The number of halogens is 1. The lowest BCUT2D eigenvalue weighted by atomic mass is 9.94. The minimum absolute atomic E-state index is 0.168. The number of likely N-dealkylation sites (tertiary alicyclic amines) is 1. The second-order valence-electron chi connectivity index (χ2n) is 5.22. The number of hydrogen-bond donors (Lipinski definition) is 2. The van der Waals surface area contributed by atoms with E-state index in [4.69, 9.17) is 17.3 Å². The number of carbonyl (C=O) groups excluding carboxylic acids is 1. The Morgan fingerprint density at radius 1 is 1.63 bits per heavy atom. The van der Waals surface area contributed by atoms with Gasteiger partial charge in [0.1, 0.15) is 5.15 Å². The Bertz CT molecular complexity index is 480. The lowest BCUT2D eigenvalue weighted by molar-refractivity contribution is 0.0883. The molecule has 0 aliphatic carbocycles. The molecule has 6 heteroatoms. The standard InChI is InChI=1S/C13H19ClN4O/c1-8-7-18(2)4-3-11(8)17-13(19)10-5-9(15)6-16-12(10)14/h5-6,8,11H,3-4,7,15H2,1-2H3,(H,17,19). The summed E-state index contributed by atoms with van der Waals surface area (Å²) in [6.07, 6.45) is 2.38. The zero-order valence-electron chi connectivity index (χ0n) is 11.2. The average Bonchev–Trinajstić information content (AvgIpc) is 2.35. The van der Waals surface area contributed by atoms with E-state index in [0.29, 0.717) is 17.2 Å². The molecule has 0 aromatic carbocycles. The van der Waals surface area contributed by atoms with Gasteiger partial charge in [-0.2, -0.15) is 0 Å². The number of nitrogens with one attached hydrogen (secondary N) is 1. The van der Waals surface area contributed by atoms with Gasteiger partial charge in [-0.25, -0.2) is 4.98 Å². The first-order valence-electron chi connectivity index (χ1n) is 6.38. The quantitative estimate of drug-likeness (QED) is 0.804. The molecule has 0 bridgehead atoms. The monoisotopic (exact) mass is 282 g/mol. The molecule has 2 rings (SSSR count). The predicted molar refractivity (Wildman–Crippen MR) is 76.2 cm³/mol. The fourth-order valence-electron chi connectivity index (χ4n) is 2.44. The van der Waals surface area contributed by atoms with Gasteiger partial charge in [-0.3, -0.25) is 4.79 Å². The van der Waals surface area contributed by atoms with E-state index in [1.807, 2.05) is 0 Å². The Balaban J connectivity index is 2.06. The van der Waals surface area contributed by atoms with Crippen molar-refractivity contribution in [2.75, 3.05) is 25.9 Å². The van der Waals surface area contributed by atoms with E-state index < -0.39 is 0 Å². The molecule has 2 heterocycles. The minimum Gasteiger partial charge on any atom is -0.397 e. The van der Waals surface area contributed by atoms with Crippen LogP contribution in [0.4, 0.5) is 5.69 Å². The third kappa shape index (κ3) is 3.36. The first-order chi connectivity index (χ1) is 8.97. The van der Waals surface area contributed by atoms with E-state index in [9.17, 15) is 4.79 Å². The smallest absolute Gasteiger partial charge is 0.254 e. The van der Waals surface area contributed by atoms with Crippen LogP contribution in [0.3, 0.4) is 0 Å². The largest absolute Gasteiger partial charge is 0.397 e. The second kappa shape index (κ2) is 5.75. The molecule has 5 nitrogen and oxygen atoms in total. The van der Waals surface area contributed by atoms with Crippen molar-refractivity contribution >= 4 is 23.2 Å². The number of rotatable bonds is 2. The van der Waals surface area contributed by atoms with Gasteiger partial charge in [-0.1, -0.05) is 18.5 Å². The summed E-state index contributed by atoms with van der Waals surface area (Å²) >= 11 is 5.93. The van der Waals surface area contributed by atoms with Crippen LogP contribution in [0, 0.1) is 5.92 Å². The number of nitrogen functional groups attached to an aromatic ring is 1. The number of carbonyl (C=O) groups is 1. The van der Waals surface area contributed by atoms with Crippen molar-refractivity contribution in [2.45, 2.75) is 19.4 Å². The summed E-state index contributed by atoms with van der Waals surface area (Å²) in [5, 5.41) is 3.22. The Hall–Kier alpha value is -1.33. The Morgan fingerprint density at radius 3 is 3.05 bits per heavy atom. The van der Waals surface area contributed by atoms with Crippen molar-refractivity contribution in [3.05, 3.63) is 23.0 Å². The lowest BCUT2D eigenvalue weighted by Gasteiger charge is -2.35. The van der Waals surface area contributed by atoms with Crippen LogP contribution in [0.1, 0.15) is 23.7 Å². The number of piperidine rings is 1. The van der Waals surface area contributed by atoms with Crippen molar-refractivity contribution in [2.24, 2.45) is 5.92 Å². The first-order valence-corrected chi connectivity index (χ1v) is 6.75. The molecule has 104 valence electrons. The minimum atomic E-state index is -0.203. The highest BCUT2D eigenvalue weighted by Gasteiger charge is 2.26. The molecule has 1 aromatic heterocycles. The van der Waals surface area contributed by atoms with Gasteiger partial charge < -0.3 is 16.0 Å². The van der Waals surface area contributed by atoms with E-state index in [1.165, 1.54) is 6.20 Å². The highest BCUT2D eigenvalue weighted by Crippen LogP contribution is 2.19. The molecule has 19 heavy (non-hydrogen) atoms. The van der Waals surface area contributed by atoms with Gasteiger partial charge in [0, 0.05) is 12.6 Å². The summed E-state index contributed by atoms with van der Waals surface area (Å²) in [4.78, 5) is 18.4. The molecule has 0 spiro atoms. The van der Waals surface area contributed by atoms with Crippen LogP contribution >= 0.6 is 11.6 Å². The van der Waals surface area contributed by atoms with Gasteiger partial charge >= 0.3 is 0 Å². The summed E-state index contributed by atoms with van der Waals surface area (Å²) < 4.78 is 0. The van der Waals surface area contributed by atoms with Crippen LogP contribution in [-0.2, 0) is 0 Å². The van der Waals surface area contributed by atoms with Gasteiger partial charge in [0.15, 0.2) is 0 Å². The van der Waals surface area contributed by atoms with Crippen LogP contribution in [-0.4, -0.2) is 42.0 Å². The van der Waals surface area contributed by atoms with Gasteiger partial charge in [0.05, 0.1) is 17.4 Å². The van der Waals surface area contributed by atoms with Gasteiger partial charge in [0.2, 0.25) is 0 Å². The maximum absolute atomic E-state index is 12.2.